The van der Waals surface area contributed by atoms with Crippen molar-refractivity contribution in [1.82, 2.24) is 0 Å². The SMILES string of the molecule is Cc1cc(/C(O)=C2/C(=O)C(=O)N(c3ccccc3O)C2c2ccc(F)cc2)ccc1F. The Kier molecular flexibility index (Phi) is 5.02. The van der Waals surface area contributed by atoms with Gasteiger partial charge in [-0.2, -0.15) is 0 Å². The molecule has 4 rings (SSSR count). The molecule has 0 radical (unpaired) electrons. The molecule has 5 nitrogen and oxygen atoms in total. The number of halogens is 2. The van der Waals surface area contributed by atoms with Crippen molar-refractivity contribution >= 4 is 23.1 Å². The second-order valence-electron chi connectivity index (χ2n) is 7.17. The Morgan fingerprint density at radius 2 is 1.65 bits per heavy atom. The zero-order valence-corrected chi connectivity index (χ0v) is 16.3. The minimum absolute atomic E-state index is 0.0632. The Hall–Kier alpha value is -4.00. The predicted molar refractivity (Wildman–Crippen MR) is 110 cm³/mol. The molecule has 1 heterocycles. The molecule has 1 aliphatic heterocycles. The number of aromatic hydroxyl groups is 1. The van der Waals surface area contributed by atoms with E-state index in [-0.39, 0.29) is 28.1 Å². The first-order chi connectivity index (χ1) is 14.8. The highest BCUT2D eigenvalue weighted by molar-refractivity contribution is 6.51. The van der Waals surface area contributed by atoms with Gasteiger partial charge < -0.3 is 10.2 Å². The summed E-state index contributed by atoms with van der Waals surface area (Å²) in [6.07, 6.45) is 0. The molecule has 7 heteroatoms. The van der Waals surface area contributed by atoms with Crippen molar-refractivity contribution < 1.29 is 28.6 Å². The number of Topliss-reactive ketones (excluding diaryl/α,β-unsaturated/α-hetero) is 1. The molecule has 1 saturated heterocycles. The molecule has 0 saturated carbocycles. The summed E-state index contributed by atoms with van der Waals surface area (Å²) in [7, 11) is 0. The van der Waals surface area contributed by atoms with Gasteiger partial charge in [-0.15, -0.1) is 0 Å². The van der Waals surface area contributed by atoms with Crippen LogP contribution in [0.25, 0.3) is 5.76 Å². The van der Waals surface area contributed by atoms with E-state index in [9.17, 15) is 28.6 Å². The fourth-order valence-electron chi connectivity index (χ4n) is 3.66. The van der Waals surface area contributed by atoms with Crippen molar-refractivity contribution in [2.45, 2.75) is 13.0 Å². The summed E-state index contributed by atoms with van der Waals surface area (Å²) >= 11 is 0. The van der Waals surface area contributed by atoms with Gasteiger partial charge in [0.2, 0.25) is 0 Å². The molecule has 156 valence electrons. The van der Waals surface area contributed by atoms with Crippen molar-refractivity contribution in [3.05, 3.63) is 101 Å². The number of hydrogen-bond donors (Lipinski definition) is 2. The largest absolute Gasteiger partial charge is 0.507 e. The normalized spacial score (nSPS) is 17.9. The third kappa shape index (κ3) is 3.44. The number of para-hydroxylation sites is 2. The quantitative estimate of drug-likeness (QED) is 0.368. The number of anilines is 1. The highest BCUT2D eigenvalue weighted by atomic mass is 19.1. The molecule has 0 bridgehead atoms. The molecule has 1 fully saturated rings. The fraction of sp³-hybridized carbons (Fsp3) is 0.0833. The molecule has 2 N–H and O–H groups in total. The van der Waals surface area contributed by atoms with Crippen LogP contribution in [-0.4, -0.2) is 21.9 Å². The van der Waals surface area contributed by atoms with Crippen molar-refractivity contribution in [2.24, 2.45) is 0 Å². The molecule has 0 spiro atoms. The van der Waals surface area contributed by atoms with Gasteiger partial charge in [-0.05, 0) is 60.5 Å². The van der Waals surface area contributed by atoms with Crippen molar-refractivity contribution in [3.8, 4) is 5.75 Å². The average Bonchev–Trinajstić information content (AvgIpc) is 3.01. The summed E-state index contributed by atoms with van der Waals surface area (Å²) in [4.78, 5) is 27.0. The van der Waals surface area contributed by atoms with Gasteiger partial charge in [0, 0.05) is 5.56 Å². The van der Waals surface area contributed by atoms with Crippen LogP contribution in [0.5, 0.6) is 5.75 Å². The molecule has 1 aliphatic rings. The smallest absolute Gasteiger partial charge is 0.300 e. The second-order valence-corrected chi connectivity index (χ2v) is 7.17. The van der Waals surface area contributed by atoms with E-state index in [1.807, 2.05) is 0 Å². The lowest BCUT2D eigenvalue weighted by Gasteiger charge is -2.26. The van der Waals surface area contributed by atoms with Gasteiger partial charge in [-0.1, -0.05) is 24.3 Å². The topological polar surface area (TPSA) is 77.8 Å². The van der Waals surface area contributed by atoms with Crippen LogP contribution >= 0.6 is 0 Å². The van der Waals surface area contributed by atoms with Crippen LogP contribution in [0.1, 0.15) is 22.7 Å². The third-order valence-electron chi connectivity index (χ3n) is 5.20. The molecular weight excluding hydrogens is 404 g/mol. The summed E-state index contributed by atoms with van der Waals surface area (Å²) in [5, 5.41) is 21.3. The van der Waals surface area contributed by atoms with Gasteiger partial charge >= 0.3 is 0 Å². The first kappa shape index (κ1) is 20.3. The van der Waals surface area contributed by atoms with Gasteiger partial charge in [0.15, 0.2) is 0 Å². The maximum absolute atomic E-state index is 13.7. The number of carbonyl (C=O) groups excluding carboxylic acids is 2. The number of amides is 1. The number of ketones is 1. The van der Waals surface area contributed by atoms with Crippen LogP contribution < -0.4 is 4.90 Å². The van der Waals surface area contributed by atoms with E-state index in [4.69, 9.17) is 0 Å². The van der Waals surface area contributed by atoms with Crippen LogP contribution in [0.3, 0.4) is 0 Å². The van der Waals surface area contributed by atoms with Crippen LogP contribution in [0.4, 0.5) is 14.5 Å². The predicted octanol–water partition coefficient (Wildman–Crippen LogP) is 4.61. The van der Waals surface area contributed by atoms with Gasteiger partial charge in [0.05, 0.1) is 17.3 Å². The maximum atomic E-state index is 13.7. The van der Waals surface area contributed by atoms with E-state index >= 15 is 0 Å². The molecule has 3 aromatic carbocycles. The highest BCUT2D eigenvalue weighted by Crippen LogP contribution is 2.44. The summed E-state index contributed by atoms with van der Waals surface area (Å²) in [5.41, 5.74) is 0.571. The number of hydrogen-bond acceptors (Lipinski definition) is 4. The number of phenolic OH excluding ortho intramolecular Hbond substituents is 1. The Bertz CT molecular complexity index is 1230. The number of aliphatic hydroxyl groups excluding tert-OH is 1. The molecular formula is C24H17F2NO4. The zero-order valence-electron chi connectivity index (χ0n) is 16.3. The van der Waals surface area contributed by atoms with Crippen LogP contribution in [0.2, 0.25) is 0 Å². The van der Waals surface area contributed by atoms with E-state index < -0.39 is 35.1 Å². The zero-order chi connectivity index (χ0) is 22.3. The minimum atomic E-state index is -1.13. The van der Waals surface area contributed by atoms with E-state index in [1.165, 1.54) is 55.5 Å². The van der Waals surface area contributed by atoms with Crippen LogP contribution in [0.15, 0.2) is 72.3 Å². The summed E-state index contributed by atoms with van der Waals surface area (Å²) in [6.45, 7) is 1.50. The van der Waals surface area contributed by atoms with E-state index in [0.717, 1.165) is 11.0 Å². The number of aryl methyl sites for hydroxylation is 1. The molecule has 0 aliphatic carbocycles. The van der Waals surface area contributed by atoms with Crippen molar-refractivity contribution in [3.63, 3.8) is 0 Å². The molecule has 0 aromatic heterocycles. The monoisotopic (exact) mass is 421 g/mol. The fourth-order valence-corrected chi connectivity index (χ4v) is 3.66. The van der Waals surface area contributed by atoms with Crippen LogP contribution in [-0.2, 0) is 9.59 Å². The number of nitrogens with zero attached hydrogens (tertiary/aromatic N) is 1. The molecule has 31 heavy (non-hydrogen) atoms. The minimum Gasteiger partial charge on any atom is -0.507 e. The van der Waals surface area contributed by atoms with Gasteiger partial charge in [0.25, 0.3) is 11.7 Å². The first-order valence-corrected chi connectivity index (χ1v) is 9.40. The maximum Gasteiger partial charge on any atom is 0.300 e. The molecule has 1 amide bonds. The van der Waals surface area contributed by atoms with Gasteiger partial charge in [-0.3, -0.25) is 14.5 Å². The summed E-state index contributed by atoms with van der Waals surface area (Å²) < 4.78 is 27.2. The highest BCUT2D eigenvalue weighted by Gasteiger charge is 2.47. The van der Waals surface area contributed by atoms with E-state index in [2.05, 4.69) is 0 Å². The Labute approximate surface area is 176 Å². The Morgan fingerprint density at radius 3 is 2.29 bits per heavy atom. The van der Waals surface area contributed by atoms with E-state index in [1.54, 1.807) is 12.1 Å². The molecule has 1 unspecified atom stereocenters. The number of aliphatic hydroxyl groups is 1. The van der Waals surface area contributed by atoms with Crippen molar-refractivity contribution in [1.29, 1.82) is 0 Å². The molecule has 1 atom stereocenters. The van der Waals surface area contributed by atoms with Gasteiger partial charge in [-0.25, -0.2) is 8.78 Å². The average molecular weight is 421 g/mol. The number of rotatable bonds is 3. The van der Waals surface area contributed by atoms with Crippen LogP contribution in [0, 0.1) is 18.6 Å². The standard InChI is InChI=1S/C24H17F2NO4/c1-13-12-15(8-11-17(13)26)22(29)20-21(14-6-9-16(25)10-7-14)27(24(31)23(20)30)18-4-2-3-5-19(18)28/h2-12,21,28-29H,1H3/b22-20-. The lowest BCUT2D eigenvalue weighted by molar-refractivity contribution is -0.132. The lowest BCUT2D eigenvalue weighted by atomic mass is 9.94. The summed E-state index contributed by atoms with van der Waals surface area (Å²) in [6, 6.07) is 13.8. The van der Waals surface area contributed by atoms with Gasteiger partial charge in [0.1, 0.15) is 23.1 Å². The van der Waals surface area contributed by atoms with E-state index in [0.29, 0.717) is 5.56 Å². The Morgan fingerprint density at radius 1 is 0.968 bits per heavy atom. The number of carbonyl (C=O) groups is 2. The summed E-state index contributed by atoms with van der Waals surface area (Å²) in [5.74, 6) is -3.67. The van der Waals surface area contributed by atoms with Crippen molar-refractivity contribution in [2.75, 3.05) is 4.90 Å². The third-order valence-corrected chi connectivity index (χ3v) is 5.20. The Balaban J connectivity index is 1.97. The number of benzene rings is 3. The first-order valence-electron chi connectivity index (χ1n) is 9.40. The number of phenols is 1. The second kappa shape index (κ2) is 7.68. The molecule has 3 aromatic rings. The lowest BCUT2D eigenvalue weighted by Crippen LogP contribution is -2.29.